The SMILES string of the molecule is CCCCCCCCCCCCCCCOC(=O)OC(C(C)(C)C)[N+]1(C)CCC=C(c2nsnc2OCCCCCC)C1. The van der Waals surface area contributed by atoms with Crippen LogP contribution in [0.5, 0.6) is 5.88 Å². The molecule has 1 aromatic heterocycles. The van der Waals surface area contributed by atoms with Crippen LogP contribution in [0, 0.1) is 5.41 Å². The molecule has 2 atom stereocenters. The van der Waals surface area contributed by atoms with E-state index >= 15 is 0 Å². The Balaban J connectivity index is 1.74. The minimum Gasteiger partial charge on any atom is -0.475 e. The van der Waals surface area contributed by atoms with Crippen LogP contribution in [0.15, 0.2) is 6.08 Å². The van der Waals surface area contributed by atoms with Crippen LogP contribution in [0.1, 0.15) is 156 Å². The van der Waals surface area contributed by atoms with E-state index in [1.165, 1.54) is 102 Å². The highest BCUT2D eigenvalue weighted by atomic mass is 32.1. The van der Waals surface area contributed by atoms with E-state index in [1.807, 2.05) is 0 Å². The maximum Gasteiger partial charge on any atom is 0.512 e. The maximum absolute atomic E-state index is 12.9. The number of rotatable bonds is 23. The highest BCUT2D eigenvalue weighted by Crippen LogP contribution is 2.37. The van der Waals surface area contributed by atoms with Gasteiger partial charge in [-0.05, 0) is 12.8 Å². The zero-order valence-corrected chi connectivity index (χ0v) is 29.4. The average Bonchev–Trinajstić information content (AvgIpc) is 3.44. The minimum absolute atomic E-state index is 0.259. The number of hydrogen-bond donors (Lipinski definition) is 0. The lowest BCUT2D eigenvalue weighted by Crippen LogP contribution is -2.61. The second kappa shape index (κ2) is 21.1. The molecule has 0 saturated carbocycles. The first-order valence-corrected chi connectivity index (χ1v) is 18.3. The molecule has 0 bridgehead atoms. The Morgan fingerprint density at radius 1 is 0.837 bits per heavy atom. The molecule has 0 spiro atoms. The quantitative estimate of drug-likeness (QED) is 0.0687. The first kappa shape index (κ1) is 37.5. The molecule has 1 aliphatic heterocycles. The van der Waals surface area contributed by atoms with Gasteiger partial charge >= 0.3 is 6.16 Å². The second-order valence-electron chi connectivity index (χ2n) is 13.9. The summed E-state index contributed by atoms with van der Waals surface area (Å²) in [5.74, 6) is 0.631. The molecular weight excluding hydrogens is 558 g/mol. The number of likely N-dealkylation sites (N-methyl/N-ethyl adjacent to an activating group) is 1. The molecule has 0 N–H and O–H groups in total. The molecule has 1 aromatic rings. The van der Waals surface area contributed by atoms with Gasteiger partial charge in [0.2, 0.25) is 6.23 Å². The molecule has 0 fully saturated rings. The summed E-state index contributed by atoms with van der Waals surface area (Å²) in [7, 11) is 2.17. The number of carbonyl (C=O) groups is 1. The van der Waals surface area contributed by atoms with E-state index < -0.39 is 6.16 Å². The fourth-order valence-corrected chi connectivity index (χ4v) is 6.78. The number of carbonyl (C=O) groups excluding carboxylic acids is 1. The van der Waals surface area contributed by atoms with Gasteiger partial charge in [0.25, 0.3) is 5.88 Å². The highest BCUT2D eigenvalue weighted by molar-refractivity contribution is 6.99. The Kier molecular flexibility index (Phi) is 18.4. The molecule has 2 rings (SSSR count). The molecule has 248 valence electrons. The lowest BCUT2D eigenvalue weighted by atomic mass is 9.90. The summed E-state index contributed by atoms with van der Waals surface area (Å²) < 4.78 is 27.3. The minimum atomic E-state index is -0.555. The third-order valence-corrected chi connectivity index (χ3v) is 9.06. The molecule has 0 amide bonds. The van der Waals surface area contributed by atoms with Crippen molar-refractivity contribution < 1.29 is 23.5 Å². The van der Waals surface area contributed by atoms with E-state index in [9.17, 15) is 4.79 Å². The number of unbranched alkanes of at least 4 members (excludes halogenated alkanes) is 15. The van der Waals surface area contributed by atoms with Crippen LogP contribution >= 0.6 is 11.7 Å². The van der Waals surface area contributed by atoms with Crippen molar-refractivity contribution in [1.29, 1.82) is 0 Å². The fourth-order valence-electron chi connectivity index (χ4n) is 6.25. The van der Waals surface area contributed by atoms with E-state index in [-0.39, 0.29) is 11.6 Å². The second-order valence-corrected chi connectivity index (χ2v) is 14.4. The van der Waals surface area contributed by atoms with Gasteiger partial charge in [-0.3, -0.25) is 4.48 Å². The van der Waals surface area contributed by atoms with Crippen molar-refractivity contribution in [2.45, 2.75) is 156 Å². The Morgan fingerprint density at radius 2 is 1.37 bits per heavy atom. The van der Waals surface area contributed by atoms with Crippen molar-refractivity contribution in [3.05, 3.63) is 11.8 Å². The van der Waals surface area contributed by atoms with Crippen LogP contribution in [0.4, 0.5) is 4.79 Å². The first-order chi connectivity index (χ1) is 20.7. The summed E-state index contributed by atoms with van der Waals surface area (Å²) in [5, 5.41) is 0. The van der Waals surface area contributed by atoms with Gasteiger partial charge < -0.3 is 14.2 Å². The third-order valence-electron chi connectivity index (χ3n) is 8.54. The standard InChI is InChI=1S/C35H64N3O4S/c1-7-9-11-13-14-15-16-17-18-19-20-21-23-28-41-34(39)42-33(35(3,4)5)38(6)26-24-25-30(29-38)31-32(37-43-36-31)40-27-22-12-10-8-2/h25,33H,7-24,26-29H2,1-6H3/q+1. The molecular formula is C35H64N3O4S+. The summed E-state index contributed by atoms with van der Waals surface area (Å²) in [4.78, 5) is 12.9. The molecule has 2 heterocycles. The fraction of sp³-hybridized carbons (Fsp3) is 0.857. The smallest absolute Gasteiger partial charge is 0.475 e. The van der Waals surface area contributed by atoms with Crippen molar-refractivity contribution in [3.8, 4) is 5.88 Å². The largest absolute Gasteiger partial charge is 0.512 e. The van der Waals surface area contributed by atoms with Crippen molar-refractivity contribution in [2.24, 2.45) is 5.41 Å². The summed E-state index contributed by atoms with van der Waals surface area (Å²) in [6, 6.07) is 0. The van der Waals surface area contributed by atoms with Gasteiger partial charge in [-0.15, -0.1) is 4.37 Å². The van der Waals surface area contributed by atoms with Crippen molar-refractivity contribution in [2.75, 3.05) is 33.4 Å². The van der Waals surface area contributed by atoms with E-state index in [1.54, 1.807) is 0 Å². The predicted molar refractivity (Wildman–Crippen MR) is 179 cm³/mol. The van der Waals surface area contributed by atoms with Crippen LogP contribution in [0.25, 0.3) is 5.57 Å². The van der Waals surface area contributed by atoms with Crippen LogP contribution in [-0.4, -0.2) is 59.0 Å². The Bertz CT molecular complexity index is 913. The Labute approximate surface area is 268 Å². The predicted octanol–water partition coefficient (Wildman–Crippen LogP) is 10.3. The Hall–Kier alpha value is -1.67. The van der Waals surface area contributed by atoms with E-state index in [4.69, 9.17) is 14.2 Å². The van der Waals surface area contributed by atoms with Gasteiger partial charge in [0.05, 0.1) is 43.9 Å². The summed E-state index contributed by atoms with van der Waals surface area (Å²) in [6.45, 7) is 13.5. The van der Waals surface area contributed by atoms with E-state index in [2.05, 4.69) is 56.5 Å². The lowest BCUT2D eigenvalue weighted by Gasteiger charge is -2.47. The number of hydrogen-bond acceptors (Lipinski definition) is 7. The van der Waals surface area contributed by atoms with Crippen LogP contribution in [0.2, 0.25) is 0 Å². The van der Waals surface area contributed by atoms with Gasteiger partial charge in [0.15, 0.2) is 0 Å². The van der Waals surface area contributed by atoms with Gasteiger partial charge in [-0.2, -0.15) is 4.37 Å². The van der Waals surface area contributed by atoms with Crippen molar-refractivity contribution in [1.82, 2.24) is 8.75 Å². The van der Waals surface area contributed by atoms with Gasteiger partial charge in [0, 0.05) is 12.0 Å². The first-order valence-electron chi connectivity index (χ1n) is 17.5. The number of ether oxygens (including phenoxy) is 3. The van der Waals surface area contributed by atoms with E-state index in [0.29, 0.717) is 30.1 Å². The van der Waals surface area contributed by atoms with Crippen molar-refractivity contribution in [3.63, 3.8) is 0 Å². The Morgan fingerprint density at radius 3 is 1.95 bits per heavy atom. The van der Waals surface area contributed by atoms with Crippen molar-refractivity contribution >= 4 is 23.5 Å². The number of quaternary nitrogens is 1. The maximum atomic E-state index is 12.9. The molecule has 0 aliphatic carbocycles. The lowest BCUT2D eigenvalue weighted by molar-refractivity contribution is -0.954. The molecule has 0 aromatic carbocycles. The van der Waals surface area contributed by atoms with Crippen LogP contribution in [0.3, 0.4) is 0 Å². The molecule has 7 nitrogen and oxygen atoms in total. The normalized spacial score (nSPS) is 17.9. The summed E-state index contributed by atoms with van der Waals surface area (Å²) >= 11 is 1.20. The summed E-state index contributed by atoms with van der Waals surface area (Å²) in [6.07, 6.45) is 23.7. The molecule has 2 unspecified atom stereocenters. The van der Waals surface area contributed by atoms with Crippen LogP contribution < -0.4 is 4.74 Å². The molecule has 0 radical (unpaired) electrons. The zero-order valence-electron chi connectivity index (χ0n) is 28.6. The number of nitrogens with zero attached hydrogens (tertiary/aromatic N) is 3. The molecule has 43 heavy (non-hydrogen) atoms. The zero-order chi connectivity index (χ0) is 31.4. The average molecular weight is 623 g/mol. The molecule has 1 aliphatic rings. The van der Waals surface area contributed by atoms with Gasteiger partial charge in [0.1, 0.15) is 12.2 Å². The monoisotopic (exact) mass is 622 g/mol. The third kappa shape index (κ3) is 14.8. The number of aromatic nitrogens is 2. The van der Waals surface area contributed by atoms with E-state index in [0.717, 1.165) is 43.5 Å². The van der Waals surface area contributed by atoms with Crippen LogP contribution in [-0.2, 0) is 9.47 Å². The molecule has 0 saturated heterocycles. The van der Waals surface area contributed by atoms with Gasteiger partial charge in [-0.1, -0.05) is 137 Å². The topological polar surface area (TPSA) is 70.5 Å². The molecule has 8 heteroatoms. The van der Waals surface area contributed by atoms with Gasteiger partial charge in [-0.25, -0.2) is 4.79 Å². The highest BCUT2D eigenvalue weighted by Gasteiger charge is 2.46. The summed E-state index contributed by atoms with van der Waals surface area (Å²) in [5.41, 5.74) is 1.69.